The van der Waals surface area contributed by atoms with Gasteiger partial charge in [-0.1, -0.05) is 74.5 Å². The lowest BCUT2D eigenvalue weighted by Crippen LogP contribution is -2.58. The van der Waals surface area contributed by atoms with Crippen LogP contribution in [-0.4, -0.2) is 107 Å². The van der Waals surface area contributed by atoms with Crippen LogP contribution in [0.5, 0.6) is 0 Å². The molecule has 3 rings (SSSR count). The van der Waals surface area contributed by atoms with Gasteiger partial charge >= 0.3 is 5.97 Å². The SMILES string of the molecule is COC(=O)[C@@H]1CCCN1C(=O)[C@@H](Cc1ccccc1)N(C)C(=O)[C@H](C)NC(=O)[C@H](CC(C)C)NC(=O)C[C@H](O)[C@H](Cc1ccccc1)NC(C)=O. The number of aliphatic hydroxyl groups is 1. The molecule has 0 bridgehead atoms. The minimum Gasteiger partial charge on any atom is -0.467 e. The quantitative estimate of drug-likeness (QED) is 0.180. The molecule has 0 spiro atoms. The first-order valence-electron chi connectivity index (χ1n) is 17.5. The van der Waals surface area contributed by atoms with Crippen molar-refractivity contribution in [1.29, 1.82) is 0 Å². The number of hydrogen-bond acceptors (Lipinski definition) is 8. The molecule has 0 aromatic heterocycles. The summed E-state index contributed by atoms with van der Waals surface area (Å²) < 4.78 is 4.93. The Morgan fingerprint density at radius 1 is 0.902 bits per heavy atom. The van der Waals surface area contributed by atoms with Crippen LogP contribution in [0, 0.1) is 5.92 Å². The summed E-state index contributed by atoms with van der Waals surface area (Å²) in [5.41, 5.74) is 1.68. The molecule has 2 aromatic carbocycles. The highest BCUT2D eigenvalue weighted by atomic mass is 16.5. The number of nitrogens with zero attached hydrogens (tertiary/aromatic N) is 2. The van der Waals surface area contributed by atoms with Crippen LogP contribution < -0.4 is 16.0 Å². The normalized spacial score (nSPS) is 17.0. The molecule has 0 saturated carbocycles. The van der Waals surface area contributed by atoms with Crippen molar-refractivity contribution in [3.8, 4) is 0 Å². The van der Waals surface area contributed by atoms with E-state index in [0.717, 1.165) is 11.1 Å². The van der Waals surface area contributed by atoms with Gasteiger partial charge in [-0.05, 0) is 49.7 Å². The van der Waals surface area contributed by atoms with Crippen molar-refractivity contribution in [1.82, 2.24) is 25.8 Å². The highest BCUT2D eigenvalue weighted by Crippen LogP contribution is 2.22. The summed E-state index contributed by atoms with van der Waals surface area (Å²) in [4.78, 5) is 81.6. The van der Waals surface area contributed by atoms with E-state index in [4.69, 9.17) is 4.74 Å². The lowest BCUT2D eigenvalue weighted by Gasteiger charge is -2.34. The number of benzene rings is 2. The van der Waals surface area contributed by atoms with Gasteiger partial charge in [0, 0.05) is 26.9 Å². The first-order valence-corrected chi connectivity index (χ1v) is 17.5. The van der Waals surface area contributed by atoms with Gasteiger partial charge in [-0.25, -0.2) is 4.79 Å². The third-order valence-electron chi connectivity index (χ3n) is 9.02. The van der Waals surface area contributed by atoms with Gasteiger partial charge in [0.1, 0.15) is 24.2 Å². The first kappa shape index (κ1) is 40.6. The molecular weight excluding hydrogens is 654 g/mol. The smallest absolute Gasteiger partial charge is 0.328 e. The Hall–Kier alpha value is -4.78. The molecule has 13 nitrogen and oxygen atoms in total. The van der Waals surface area contributed by atoms with Gasteiger partial charge in [0.05, 0.1) is 25.7 Å². The monoisotopic (exact) mass is 707 g/mol. The van der Waals surface area contributed by atoms with E-state index < -0.39 is 65.9 Å². The minimum absolute atomic E-state index is 0.0130. The zero-order valence-corrected chi connectivity index (χ0v) is 30.5. The summed E-state index contributed by atoms with van der Waals surface area (Å²) in [7, 11) is 2.77. The van der Waals surface area contributed by atoms with Crippen molar-refractivity contribution < 1.29 is 38.6 Å². The number of carbonyl (C=O) groups is 6. The number of esters is 1. The van der Waals surface area contributed by atoms with Gasteiger partial charge < -0.3 is 35.6 Å². The lowest BCUT2D eigenvalue weighted by molar-refractivity contribution is -0.154. The molecule has 0 aliphatic carbocycles. The summed E-state index contributed by atoms with van der Waals surface area (Å²) in [6.07, 6.45) is 0.208. The topological polar surface area (TPSA) is 174 Å². The molecule has 1 fully saturated rings. The molecule has 1 heterocycles. The molecule has 0 radical (unpaired) electrons. The van der Waals surface area contributed by atoms with Crippen LogP contribution in [0.15, 0.2) is 60.7 Å². The Labute approximate surface area is 300 Å². The number of hydrogen-bond donors (Lipinski definition) is 4. The van der Waals surface area contributed by atoms with Crippen molar-refractivity contribution in [2.45, 2.75) is 103 Å². The fraction of sp³-hybridized carbons (Fsp3) is 0.526. The first-order chi connectivity index (χ1) is 24.2. The Bertz CT molecular complexity index is 1490. The number of methoxy groups -OCH3 is 1. The van der Waals surface area contributed by atoms with E-state index in [1.165, 1.54) is 37.8 Å². The number of carbonyl (C=O) groups excluding carboxylic acids is 6. The van der Waals surface area contributed by atoms with Crippen LogP contribution in [0.3, 0.4) is 0 Å². The number of rotatable bonds is 17. The molecule has 278 valence electrons. The highest BCUT2D eigenvalue weighted by molar-refractivity contribution is 5.95. The Morgan fingerprint density at radius 2 is 1.49 bits per heavy atom. The van der Waals surface area contributed by atoms with Crippen molar-refractivity contribution in [2.75, 3.05) is 20.7 Å². The Balaban J connectivity index is 1.72. The average Bonchev–Trinajstić information content (AvgIpc) is 3.59. The fourth-order valence-corrected chi connectivity index (χ4v) is 6.37. The summed E-state index contributed by atoms with van der Waals surface area (Å²) in [5, 5.41) is 19.1. The van der Waals surface area contributed by atoms with Crippen LogP contribution in [-0.2, 0) is 46.3 Å². The Kier molecular flexibility index (Phi) is 15.6. The molecule has 51 heavy (non-hydrogen) atoms. The van der Waals surface area contributed by atoms with Crippen LogP contribution >= 0.6 is 0 Å². The average molecular weight is 708 g/mol. The summed E-state index contributed by atoms with van der Waals surface area (Å²) in [6, 6.07) is 13.9. The van der Waals surface area contributed by atoms with Crippen molar-refractivity contribution in [2.24, 2.45) is 5.92 Å². The number of nitrogens with one attached hydrogen (secondary N) is 3. The molecule has 4 N–H and O–H groups in total. The standard InChI is InChI=1S/C38H53N5O8/c1-24(2)20-30(41-34(46)23-33(45)29(40-26(4)44)21-27-14-9-7-10-15-27)35(47)39-25(3)36(48)42(5)32(22-28-16-11-8-12-17-28)37(49)43-19-13-18-31(43)38(50)51-6/h7-12,14-17,24-25,29-33,45H,13,18-23H2,1-6H3,(H,39,47)(H,40,44)(H,41,46)/t25-,29-,30-,31-,32+,33-/m0/s1. The number of ether oxygens (including phenoxy) is 1. The summed E-state index contributed by atoms with van der Waals surface area (Å²) in [5.74, 6) is -3.00. The number of likely N-dealkylation sites (tertiary alicyclic amines) is 1. The molecule has 1 aliphatic rings. The second-order valence-electron chi connectivity index (χ2n) is 13.6. The molecule has 1 saturated heterocycles. The molecule has 6 atom stereocenters. The van der Waals surface area contributed by atoms with E-state index in [1.807, 2.05) is 74.5 Å². The van der Waals surface area contributed by atoms with E-state index in [0.29, 0.717) is 25.8 Å². The molecule has 1 aliphatic heterocycles. The zero-order valence-electron chi connectivity index (χ0n) is 30.5. The molecule has 5 amide bonds. The van der Waals surface area contributed by atoms with Crippen molar-refractivity contribution in [3.63, 3.8) is 0 Å². The van der Waals surface area contributed by atoms with Gasteiger partial charge in [0.15, 0.2) is 0 Å². The predicted molar refractivity (Wildman–Crippen MR) is 191 cm³/mol. The fourth-order valence-electron chi connectivity index (χ4n) is 6.37. The predicted octanol–water partition coefficient (Wildman–Crippen LogP) is 1.75. The molecule has 2 aromatic rings. The molecule has 13 heteroatoms. The molecular formula is C38H53N5O8. The largest absolute Gasteiger partial charge is 0.467 e. The van der Waals surface area contributed by atoms with Crippen LogP contribution in [0.1, 0.15) is 64.5 Å². The molecule has 0 unspecified atom stereocenters. The third kappa shape index (κ3) is 12.2. The second kappa shape index (κ2) is 19.6. The highest BCUT2D eigenvalue weighted by Gasteiger charge is 2.41. The van der Waals surface area contributed by atoms with Crippen LogP contribution in [0.4, 0.5) is 0 Å². The van der Waals surface area contributed by atoms with E-state index in [2.05, 4.69) is 16.0 Å². The van der Waals surface area contributed by atoms with Crippen molar-refractivity contribution >= 4 is 35.5 Å². The van der Waals surface area contributed by atoms with E-state index >= 15 is 0 Å². The number of likely N-dealkylation sites (N-methyl/N-ethyl adjacent to an activating group) is 1. The van der Waals surface area contributed by atoms with Crippen molar-refractivity contribution in [3.05, 3.63) is 71.8 Å². The van der Waals surface area contributed by atoms with Gasteiger partial charge in [-0.2, -0.15) is 0 Å². The third-order valence-corrected chi connectivity index (χ3v) is 9.02. The Morgan fingerprint density at radius 3 is 2.04 bits per heavy atom. The maximum Gasteiger partial charge on any atom is 0.328 e. The van der Waals surface area contributed by atoms with E-state index in [9.17, 15) is 33.9 Å². The zero-order chi connectivity index (χ0) is 37.7. The number of aliphatic hydroxyl groups excluding tert-OH is 1. The lowest BCUT2D eigenvalue weighted by atomic mass is 9.98. The van der Waals surface area contributed by atoms with Gasteiger partial charge in [-0.15, -0.1) is 0 Å². The second-order valence-corrected chi connectivity index (χ2v) is 13.6. The van der Waals surface area contributed by atoms with Crippen LogP contribution in [0.2, 0.25) is 0 Å². The van der Waals surface area contributed by atoms with E-state index in [-0.39, 0.29) is 31.1 Å². The van der Waals surface area contributed by atoms with Gasteiger partial charge in [0.25, 0.3) is 0 Å². The summed E-state index contributed by atoms with van der Waals surface area (Å²) >= 11 is 0. The maximum atomic E-state index is 14.0. The number of amides is 5. The maximum absolute atomic E-state index is 14.0. The van der Waals surface area contributed by atoms with Crippen LogP contribution in [0.25, 0.3) is 0 Å². The van der Waals surface area contributed by atoms with Gasteiger partial charge in [0.2, 0.25) is 29.5 Å². The minimum atomic E-state index is -1.24. The van der Waals surface area contributed by atoms with E-state index in [1.54, 1.807) is 0 Å². The van der Waals surface area contributed by atoms with Gasteiger partial charge in [-0.3, -0.25) is 24.0 Å². The summed E-state index contributed by atoms with van der Waals surface area (Å²) in [6.45, 7) is 6.96.